The molecule has 23 heavy (non-hydrogen) atoms. The van der Waals surface area contributed by atoms with Gasteiger partial charge in [0.25, 0.3) is 0 Å². The normalized spacial score (nSPS) is 52.2. The third kappa shape index (κ3) is 2.00. The second kappa shape index (κ2) is 5.05. The van der Waals surface area contributed by atoms with Crippen molar-refractivity contribution < 1.29 is 9.90 Å². The quantitative estimate of drug-likeness (QED) is 0.733. The molecule has 0 aromatic rings. The summed E-state index contributed by atoms with van der Waals surface area (Å²) >= 11 is 0. The van der Waals surface area contributed by atoms with E-state index in [2.05, 4.69) is 26.5 Å². The summed E-state index contributed by atoms with van der Waals surface area (Å²) in [5, 5.41) is 10.1. The van der Waals surface area contributed by atoms with Crippen LogP contribution >= 0.6 is 0 Å². The van der Waals surface area contributed by atoms with Gasteiger partial charge in [-0.3, -0.25) is 4.79 Å². The van der Waals surface area contributed by atoms with E-state index in [1.807, 2.05) is 6.08 Å². The van der Waals surface area contributed by atoms with Gasteiger partial charge in [0.2, 0.25) is 0 Å². The van der Waals surface area contributed by atoms with Crippen molar-refractivity contribution >= 4 is 5.78 Å². The lowest BCUT2D eigenvalue weighted by Crippen LogP contribution is -2.50. The van der Waals surface area contributed by atoms with Crippen LogP contribution < -0.4 is 0 Å². The van der Waals surface area contributed by atoms with Gasteiger partial charge in [0, 0.05) is 11.3 Å². The summed E-state index contributed by atoms with van der Waals surface area (Å²) in [6.07, 6.45) is 11.5. The number of hydrogen-bond acceptors (Lipinski definition) is 2. The maximum atomic E-state index is 12.9. The zero-order chi connectivity index (χ0) is 16.4. The highest BCUT2D eigenvalue weighted by Gasteiger charge is 2.60. The van der Waals surface area contributed by atoms with Crippen LogP contribution in [0.5, 0.6) is 0 Å². The van der Waals surface area contributed by atoms with Crippen molar-refractivity contribution in [2.75, 3.05) is 0 Å². The van der Waals surface area contributed by atoms with Crippen molar-refractivity contribution in [3.63, 3.8) is 0 Å². The van der Waals surface area contributed by atoms with Gasteiger partial charge in [0.05, 0.1) is 6.10 Å². The Balaban J connectivity index is 1.69. The third-order valence-corrected chi connectivity index (χ3v) is 8.16. The molecule has 0 radical (unpaired) electrons. The van der Waals surface area contributed by atoms with E-state index in [9.17, 15) is 9.90 Å². The smallest absolute Gasteiger partial charge is 0.145 e. The Morgan fingerprint density at radius 3 is 2.70 bits per heavy atom. The SMILES string of the molecule is C=CC1C[C@H]2[C@@H]3CC=C4CC(O)CC[C@]4(C)[C@@H]3CC[C@]2(C)C1=O. The molecule has 4 rings (SSSR count). The molecule has 0 heterocycles. The number of ketones is 1. The van der Waals surface area contributed by atoms with Crippen LogP contribution in [0.3, 0.4) is 0 Å². The van der Waals surface area contributed by atoms with Gasteiger partial charge in [0.15, 0.2) is 0 Å². The van der Waals surface area contributed by atoms with E-state index >= 15 is 0 Å². The van der Waals surface area contributed by atoms with Crippen molar-refractivity contribution in [2.24, 2.45) is 34.5 Å². The predicted molar refractivity (Wildman–Crippen MR) is 91.8 cm³/mol. The van der Waals surface area contributed by atoms with Gasteiger partial charge < -0.3 is 5.11 Å². The molecule has 2 heteroatoms. The van der Waals surface area contributed by atoms with E-state index in [-0.39, 0.29) is 22.9 Å². The largest absolute Gasteiger partial charge is 0.393 e. The molecule has 4 aliphatic carbocycles. The lowest BCUT2D eigenvalue weighted by Gasteiger charge is -2.56. The van der Waals surface area contributed by atoms with E-state index in [1.54, 1.807) is 0 Å². The van der Waals surface area contributed by atoms with Gasteiger partial charge in [-0.05, 0) is 68.1 Å². The Hall–Kier alpha value is -0.890. The zero-order valence-corrected chi connectivity index (χ0v) is 14.6. The maximum Gasteiger partial charge on any atom is 0.145 e. The number of rotatable bonds is 1. The molecule has 0 aromatic carbocycles. The van der Waals surface area contributed by atoms with E-state index in [0.717, 1.165) is 38.5 Å². The molecule has 0 aliphatic heterocycles. The molecule has 2 unspecified atom stereocenters. The minimum absolute atomic E-state index is 0.0788. The first-order valence-corrected chi connectivity index (χ1v) is 9.44. The van der Waals surface area contributed by atoms with Crippen LogP contribution in [-0.2, 0) is 4.79 Å². The van der Waals surface area contributed by atoms with Crippen molar-refractivity contribution in [1.29, 1.82) is 0 Å². The third-order valence-electron chi connectivity index (χ3n) is 8.16. The number of aliphatic hydroxyl groups excluding tert-OH is 1. The average molecular weight is 314 g/mol. The number of allylic oxidation sites excluding steroid dienone is 2. The second-order valence-electron chi connectivity index (χ2n) is 9.05. The van der Waals surface area contributed by atoms with Crippen LogP contribution in [-0.4, -0.2) is 17.0 Å². The lowest BCUT2D eigenvalue weighted by atomic mass is 9.48. The Labute approximate surface area is 140 Å². The highest BCUT2D eigenvalue weighted by molar-refractivity contribution is 5.90. The highest BCUT2D eigenvalue weighted by atomic mass is 16.3. The Morgan fingerprint density at radius 2 is 1.96 bits per heavy atom. The fraction of sp³-hybridized carbons (Fsp3) is 0.762. The van der Waals surface area contributed by atoms with Crippen molar-refractivity contribution in [3.05, 3.63) is 24.3 Å². The predicted octanol–water partition coefficient (Wildman–Crippen LogP) is 4.29. The molecular weight excluding hydrogens is 284 g/mol. The summed E-state index contributed by atoms with van der Waals surface area (Å²) in [7, 11) is 0. The van der Waals surface area contributed by atoms with E-state index < -0.39 is 0 Å². The molecule has 3 saturated carbocycles. The fourth-order valence-corrected chi connectivity index (χ4v) is 6.71. The number of aliphatic hydroxyl groups is 1. The molecule has 7 atom stereocenters. The number of carbonyl (C=O) groups excluding carboxylic acids is 1. The van der Waals surface area contributed by atoms with Crippen molar-refractivity contribution in [1.82, 2.24) is 0 Å². The summed E-state index contributed by atoms with van der Waals surface area (Å²) in [4.78, 5) is 12.9. The summed E-state index contributed by atoms with van der Waals surface area (Å²) < 4.78 is 0. The van der Waals surface area contributed by atoms with E-state index in [0.29, 0.717) is 23.5 Å². The lowest BCUT2D eigenvalue weighted by molar-refractivity contribution is -0.133. The molecule has 0 spiro atoms. The fourth-order valence-electron chi connectivity index (χ4n) is 6.71. The maximum absolute atomic E-state index is 12.9. The Kier molecular flexibility index (Phi) is 3.43. The Morgan fingerprint density at radius 1 is 1.22 bits per heavy atom. The van der Waals surface area contributed by atoms with Gasteiger partial charge in [-0.25, -0.2) is 0 Å². The standard InChI is InChI=1S/C21H30O2/c1-4-13-11-18-16-6-5-14-12-15(22)7-9-20(14,2)17(16)8-10-21(18,3)19(13)23/h4-5,13,15-18,22H,1,6-12H2,2-3H3/t13?,15?,16-,17-,18+,20+,21+/m1/s1. The van der Waals surface area contributed by atoms with Crippen LogP contribution in [0.25, 0.3) is 0 Å². The highest BCUT2D eigenvalue weighted by Crippen LogP contribution is 2.64. The van der Waals surface area contributed by atoms with Gasteiger partial charge in [-0.15, -0.1) is 6.58 Å². The number of hydrogen-bond donors (Lipinski definition) is 1. The first kappa shape index (κ1) is 15.6. The van der Waals surface area contributed by atoms with Crippen LogP contribution in [0.4, 0.5) is 0 Å². The van der Waals surface area contributed by atoms with Gasteiger partial charge in [-0.2, -0.15) is 0 Å². The van der Waals surface area contributed by atoms with Crippen molar-refractivity contribution in [3.8, 4) is 0 Å². The topological polar surface area (TPSA) is 37.3 Å². The number of fused-ring (bicyclic) bond motifs is 5. The molecule has 0 aromatic heterocycles. The molecule has 126 valence electrons. The summed E-state index contributed by atoms with van der Waals surface area (Å²) in [6.45, 7) is 8.58. The number of carbonyl (C=O) groups is 1. The molecule has 4 aliphatic rings. The van der Waals surface area contributed by atoms with Gasteiger partial charge in [0.1, 0.15) is 5.78 Å². The van der Waals surface area contributed by atoms with Gasteiger partial charge >= 0.3 is 0 Å². The van der Waals surface area contributed by atoms with E-state index in [4.69, 9.17) is 0 Å². The Bertz CT molecular complexity index is 576. The molecule has 3 fully saturated rings. The van der Waals surface area contributed by atoms with Crippen LogP contribution in [0.1, 0.15) is 58.8 Å². The monoisotopic (exact) mass is 314 g/mol. The minimum Gasteiger partial charge on any atom is -0.393 e. The van der Waals surface area contributed by atoms with Gasteiger partial charge in [-0.1, -0.05) is 31.6 Å². The molecule has 0 bridgehead atoms. The molecule has 0 amide bonds. The minimum atomic E-state index is -0.141. The summed E-state index contributed by atoms with van der Waals surface area (Å²) in [5.41, 5.74) is 1.65. The molecule has 2 nitrogen and oxygen atoms in total. The average Bonchev–Trinajstić information content (AvgIpc) is 2.79. The number of Topliss-reactive ketones (excluding diaryl/α,β-unsaturated/α-hetero) is 1. The first-order chi connectivity index (χ1) is 10.9. The summed E-state index contributed by atoms with van der Waals surface area (Å²) in [6, 6.07) is 0. The molecule has 0 saturated heterocycles. The zero-order valence-electron chi connectivity index (χ0n) is 14.6. The second-order valence-corrected chi connectivity index (χ2v) is 9.05. The first-order valence-electron chi connectivity index (χ1n) is 9.44. The molecule has 1 N–H and O–H groups in total. The molecular formula is C21H30O2. The van der Waals surface area contributed by atoms with Crippen LogP contribution in [0.15, 0.2) is 24.3 Å². The van der Waals surface area contributed by atoms with E-state index in [1.165, 1.54) is 12.0 Å². The van der Waals surface area contributed by atoms with Crippen LogP contribution in [0, 0.1) is 34.5 Å². The van der Waals surface area contributed by atoms with Crippen molar-refractivity contribution in [2.45, 2.75) is 64.9 Å². The van der Waals surface area contributed by atoms with Crippen LogP contribution in [0.2, 0.25) is 0 Å². The summed E-state index contributed by atoms with van der Waals surface area (Å²) in [5.74, 6) is 2.40.